The van der Waals surface area contributed by atoms with Gasteiger partial charge in [-0.25, -0.2) is 0 Å². The highest BCUT2D eigenvalue weighted by Gasteiger charge is 2.15. The van der Waals surface area contributed by atoms with Crippen LogP contribution in [0.3, 0.4) is 0 Å². The van der Waals surface area contributed by atoms with E-state index in [-0.39, 0.29) is 10.9 Å². The zero-order chi connectivity index (χ0) is 20.9. The lowest BCUT2D eigenvalue weighted by Gasteiger charge is -2.01. The van der Waals surface area contributed by atoms with E-state index in [1.165, 1.54) is 12.3 Å². The third-order valence-corrected chi connectivity index (χ3v) is 6.13. The first kappa shape index (κ1) is 17.8. The predicted molar refractivity (Wildman–Crippen MR) is 119 cm³/mol. The Bertz CT molecular complexity index is 1580. The van der Waals surface area contributed by atoms with E-state index in [0.29, 0.717) is 11.3 Å². The van der Waals surface area contributed by atoms with Gasteiger partial charge in [0.25, 0.3) is 0 Å². The first-order valence-electron chi connectivity index (χ1n) is 9.52. The lowest BCUT2D eigenvalue weighted by atomic mass is 10.1. The van der Waals surface area contributed by atoms with Crippen molar-refractivity contribution in [3.05, 3.63) is 72.3 Å². The number of hydrogen-bond donors (Lipinski definition) is 3. The van der Waals surface area contributed by atoms with Crippen molar-refractivity contribution in [1.29, 1.82) is 0 Å². The molecule has 0 atom stereocenters. The van der Waals surface area contributed by atoms with Crippen LogP contribution >= 0.6 is 11.3 Å². The average Bonchev–Trinajstić information content (AvgIpc) is 3.50. The summed E-state index contributed by atoms with van der Waals surface area (Å²) in [5, 5.41) is 19.0. The van der Waals surface area contributed by atoms with Gasteiger partial charge < -0.3 is 10.1 Å². The number of thiophene rings is 1. The second-order valence-corrected chi connectivity index (χ2v) is 8.21. The van der Waals surface area contributed by atoms with Crippen LogP contribution < -0.4 is 0 Å². The highest BCUT2D eigenvalue weighted by Crippen LogP contribution is 2.37. The third-order valence-electron chi connectivity index (χ3n) is 5.22. The zero-order valence-electron chi connectivity index (χ0n) is 15.9. The second kappa shape index (κ2) is 6.75. The fourth-order valence-corrected chi connectivity index (χ4v) is 4.57. The summed E-state index contributed by atoms with van der Waals surface area (Å²) >= 11 is 1.13. The van der Waals surface area contributed by atoms with E-state index in [4.69, 9.17) is 0 Å². The van der Waals surface area contributed by atoms with Crippen molar-refractivity contribution in [2.45, 2.75) is 0 Å². The molecule has 5 heterocycles. The molecule has 31 heavy (non-hydrogen) atoms. The summed E-state index contributed by atoms with van der Waals surface area (Å²) in [6, 6.07) is 14.8. The number of rotatable bonds is 3. The maximum Gasteiger partial charge on any atom is 0.176 e. The smallest absolute Gasteiger partial charge is 0.176 e. The van der Waals surface area contributed by atoms with Crippen LogP contribution in [-0.4, -0.2) is 30.3 Å². The molecule has 6 aromatic rings. The molecule has 0 aliphatic heterocycles. The van der Waals surface area contributed by atoms with Crippen LogP contribution in [0.15, 0.2) is 67.1 Å². The van der Waals surface area contributed by atoms with Gasteiger partial charge in [-0.3, -0.25) is 15.1 Å². The van der Waals surface area contributed by atoms with Gasteiger partial charge in [0.05, 0.1) is 29.3 Å². The molecule has 0 aliphatic rings. The van der Waals surface area contributed by atoms with Gasteiger partial charge in [-0.1, -0.05) is 12.1 Å². The van der Waals surface area contributed by atoms with Gasteiger partial charge in [0.15, 0.2) is 5.13 Å². The molecule has 5 aromatic heterocycles. The Kier molecular flexibility index (Phi) is 3.87. The molecule has 0 spiro atoms. The number of pyridine rings is 2. The Hall–Kier alpha value is -4.04. The lowest BCUT2D eigenvalue weighted by molar-refractivity contribution is 0.473. The Morgan fingerprint density at radius 3 is 2.71 bits per heavy atom. The number of nitrogens with zero attached hydrogens (tertiary/aromatic N) is 3. The molecule has 0 bridgehead atoms. The van der Waals surface area contributed by atoms with E-state index in [9.17, 15) is 9.50 Å². The van der Waals surface area contributed by atoms with Crippen molar-refractivity contribution in [3.8, 4) is 38.8 Å². The first-order valence-corrected chi connectivity index (χ1v) is 10.3. The van der Waals surface area contributed by atoms with Crippen molar-refractivity contribution >= 4 is 33.1 Å². The molecule has 8 heteroatoms. The number of fused-ring (bicyclic) bond motifs is 2. The number of H-pyrrole nitrogens is 2. The molecule has 0 saturated heterocycles. The van der Waals surface area contributed by atoms with Crippen molar-refractivity contribution in [1.82, 2.24) is 25.1 Å². The van der Waals surface area contributed by atoms with Crippen LogP contribution in [0.1, 0.15) is 0 Å². The van der Waals surface area contributed by atoms with Gasteiger partial charge in [0.1, 0.15) is 11.4 Å². The second-order valence-electron chi connectivity index (χ2n) is 7.17. The van der Waals surface area contributed by atoms with Gasteiger partial charge in [-0.2, -0.15) is 9.49 Å². The van der Waals surface area contributed by atoms with Gasteiger partial charge in [-0.15, -0.1) is 11.3 Å². The van der Waals surface area contributed by atoms with Crippen molar-refractivity contribution in [2.24, 2.45) is 0 Å². The Balaban J connectivity index is 1.51. The molecule has 0 amide bonds. The number of aromatic amines is 2. The molecule has 0 saturated carbocycles. The highest BCUT2D eigenvalue weighted by atomic mass is 32.1. The summed E-state index contributed by atoms with van der Waals surface area (Å²) in [6.07, 6.45) is 4.75. The first-order chi connectivity index (χ1) is 15.2. The molecule has 6 rings (SSSR count). The minimum Gasteiger partial charge on any atom is -0.506 e. The van der Waals surface area contributed by atoms with Crippen molar-refractivity contribution in [2.75, 3.05) is 0 Å². The van der Waals surface area contributed by atoms with Crippen LogP contribution in [0.4, 0.5) is 4.39 Å². The summed E-state index contributed by atoms with van der Waals surface area (Å²) in [4.78, 5) is 12.8. The van der Waals surface area contributed by atoms with E-state index in [2.05, 4.69) is 25.1 Å². The minimum absolute atomic E-state index is 0.0833. The van der Waals surface area contributed by atoms with Crippen molar-refractivity contribution < 1.29 is 9.50 Å². The summed E-state index contributed by atoms with van der Waals surface area (Å²) < 4.78 is 13.6. The number of halogens is 1. The van der Waals surface area contributed by atoms with Crippen LogP contribution in [-0.2, 0) is 0 Å². The van der Waals surface area contributed by atoms with Crippen LogP contribution in [0, 0.1) is 5.13 Å². The topological polar surface area (TPSA) is 90.5 Å². The van der Waals surface area contributed by atoms with E-state index in [0.717, 1.165) is 55.0 Å². The number of nitrogens with one attached hydrogen (secondary N) is 2. The SMILES string of the molecule is Oc1cncc(-c2cc3c(-c4cc5c(-c6ccc(F)s6)cccc5[nH]4)n[nH]c3cn2)c1. The molecule has 6 nitrogen and oxygen atoms in total. The number of hydrogen-bond acceptors (Lipinski definition) is 5. The standard InChI is InChI=1S/C23H14FN5OS/c24-22-5-4-21(31-22)14-2-1-3-17-15(14)7-19(27-17)23-16-8-18(26-11-20(16)28-29-23)12-6-13(30)10-25-9-12/h1-11,27,30H,(H,28,29). The number of aromatic hydroxyl groups is 1. The molecule has 0 fully saturated rings. The summed E-state index contributed by atoms with van der Waals surface area (Å²) in [6.45, 7) is 0. The molecule has 150 valence electrons. The molecular weight excluding hydrogens is 413 g/mol. The van der Waals surface area contributed by atoms with Gasteiger partial charge in [0, 0.05) is 38.5 Å². The maximum atomic E-state index is 13.6. The van der Waals surface area contributed by atoms with E-state index >= 15 is 0 Å². The van der Waals surface area contributed by atoms with E-state index in [1.807, 2.05) is 30.3 Å². The molecule has 3 N–H and O–H groups in total. The third kappa shape index (κ3) is 2.96. The largest absolute Gasteiger partial charge is 0.506 e. The quantitative estimate of drug-likeness (QED) is 0.336. The fraction of sp³-hybridized carbons (Fsp3) is 0. The molecule has 1 aromatic carbocycles. The van der Waals surface area contributed by atoms with Gasteiger partial charge in [0.2, 0.25) is 0 Å². The predicted octanol–water partition coefficient (Wildman–Crippen LogP) is 5.74. The average molecular weight is 427 g/mol. The summed E-state index contributed by atoms with van der Waals surface area (Å²) in [5.41, 5.74) is 5.72. The highest BCUT2D eigenvalue weighted by molar-refractivity contribution is 7.14. The summed E-state index contributed by atoms with van der Waals surface area (Å²) in [5.74, 6) is 0.0833. The molecule has 0 aliphatic carbocycles. The number of aromatic nitrogens is 5. The Morgan fingerprint density at radius 1 is 0.935 bits per heavy atom. The monoisotopic (exact) mass is 427 g/mol. The van der Waals surface area contributed by atoms with Crippen LogP contribution in [0.25, 0.3) is 54.9 Å². The normalized spacial score (nSPS) is 11.5. The lowest BCUT2D eigenvalue weighted by Crippen LogP contribution is -1.85. The minimum atomic E-state index is -0.206. The van der Waals surface area contributed by atoms with Gasteiger partial charge >= 0.3 is 0 Å². The molecular formula is C23H14FN5OS. The zero-order valence-corrected chi connectivity index (χ0v) is 16.7. The van der Waals surface area contributed by atoms with E-state index in [1.54, 1.807) is 24.5 Å². The molecule has 0 unspecified atom stereocenters. The van der Waals surface area contributed by atoms with Crippen molar-refractivity contribution in [3.63, 3.8) is 0 Å². The Morgan fingerprint density at radius 2 is 1.87 bits per heavy atom. The maximum absolute atomic E-state index is 13.6. The fourth-order valence-electron chi connectivity index (χ4n) is 3.80. The van der Waals surface area contributed by atoms with Gasteiger partial charge in [-0.05, 0) is 36.4 Å². The van der Waals surface area contributed by atoms with E-state index < -0.39 is 0 Å². The number of benzene rings is 1. The van der Waals surface area contributed by atoms with Crippen LogP contribution in [0.5, 0.6) is 5.75 Å². The molecule has 0 radical (unpaired) electrons. The Labute approximate surface area is 179 Å². The van der Waals surface area contributed by atoms with Crippen LogP contribution in [0.2, 0.25) is 0 Å². The summed E-state index contributed by atoms with van der Waals surface area (Å²) in [7, 11) is 0.